The van der Waals surface area contributed by atoms with Crippen LogP contribution in [0.5, 0.6) is 5.75 Å². The van der Waals surface area contributed by atoms with Gasteiger partial charge in [-0.1, -0.05) is 19.1 Å². The number of sulfone groups is 1. The molecule has 1 fully saturated rings. The highest BCUT2D eigenvalue weighted by atomic mass is 32.2. The summed E-state index contributed by atoms with van der Waals surface area (Å²) in [7, 11) is -3.25. The normalized spacial score (nSPS) is 15.1. The fourth-order valence-electron chi connectivity index (χ4n) is 3.06. The van der Waals surface area contributed by atoms with E-state index in [2.05, 4.69) is 4.98 Å². The molecule has 0 bridgehead atoms. The fourth-order valence-corrected chi connectivity index (χ4v) is 4.74. The lowest BCUT2D eigenvalue weighted by Gasteiger charge is -2.14. The Kier molecular flexibility index (Phi) is 7.49. The summed E-state index contributed by atoms with van der Waals surface area (Å²) in [5.41, 5.74) is -0.0932. The minimum Gasteiger partial charge on any atom is -0.493 e. The Balaban J connectivity index is 1.42. The first kappa shape index (κ1) is 22.3. The Labute approximate surface area is 175 Å². The zero-order chi connectivity index (χ0) is 21.6. The molecule has 0 aliphatic heterocycles. The molecule has 1 aromatic carbocycles. The lowest BCUT2D eigenvalue weighted by molar-refractivity contribution is 0.0745. The highest BCUT2D eigenvalue weighted by Gasteiger charge is 2.22. The van der Waals surface area contributed by atoms with E-state index in [1.807, 2.05) is 31.2 Å². The number of hydrogen-bond donors (Lipinski definition) is 1. The van der Waals surface area contributed by atoms with E-state index in [0.29, 0.717) is 12.3 Å². The van der Waals surface area contributed by atoms with Gasteiger partial charge in [0, 0.05) is 18.9 Å². The molecule has 164 valence electrons. The van der Waals surface area contributed by atoms with E-state index in [0.717, 1.165) is 17.9 Å². The van der Waals surface area contributed by atoms with Gasteiger partial charge in [0.2, 0.25) is 0 Å². The third kappa shape index (κ3) is 7.14. The second-order valence-electron chi connectivity index (χ2n) is 7.81. The lowest BCUT2D eigenvalue weighted by Crippen LogP contribution is -2.29. The maximum absolute atomic E-state index is 12.5. The molecule has 0 saturated heterocycles. The Bertz CT molecular complexity index is 1060. The molecule has 0 radical (unpaired) electrons. The summed E-state index contributed by atoms with van der Waals surface area (Å²) in [6, 6.07) is 8.87. The van der Waals surface area contributed by atoms with Crippen LogP contribution in [0.25, 0.3) is 0 Å². The van der Waals surface area contributed by atoms with Crippen LogP contribution in [-0.4, -0.2) is 42.7 Å². The van der Waals surface area contributed by atoms with Crippen molar-refractivity contribution in [1.82, 2.24) is 9.55 Å². The Morgan fingerprint density at radius 3 is 2.77 bits per heavy atom. The van der Waals surface area contributed by atoms with Crippen LogP contribution in [0.15, 0.2) is 46.1 Å². The number of aromatic nitrogens is 2. The minimum atomic E-state index is -3.25. The topological polar surface area (TPSA) is 107 Å². The first-order valence-electron chi connectivity index (χ1n) is 10.1. The average molecular weight is 437 g/mol. The number of rotatable bonds is 12. The van der Waals surface area contributed by atoms with Gasteiger partial charge in [0.1, 0.15) is 12.5 Å². The second kappa shape index (κ2) is 10.1. The third-order valence-electron chi connectivity index (χ3n) is 4.98. The van der Waals surface area contributed by atoms with Crippen LogP contribution in [0.3, 0.4) is 0 Å². The first-order valence-corrected chi connectivity index (χ1v) is 12.0. The Morgan fingerprint density at radius 2 is 2.03 bits per heavy atom. The molecule has 1 aliphatic rings. The Hall–Kier alpha value is -2.39. The van der Waals surface area contributed by atoms with Crippen LogP contribution in [0.4, 0.5) is 0 Å². The van der Waals surface area contributed by atoms with Crippen LogP contribution in [0.1, 0.15) is 37.7 Å². The number of hydrogen-bond acceptors (Lipinski definition) is 6. The molecule has 1 heterocycles. The molecule has 3 rings (SSSR count). The number of aromatic amines is 1. The zero-order valence-electron chi connectivity index (χ0n) is 17.1. The van der Waals surface area contributed by atoms with Crippen molar-refractivity contribution in [2.24, 2.45) is 5.92 Å². The standard InChI is InChI=1S/C21H28N2O6S/c1-16(18-4-2-5-19(12-18)29-13-17-6-7-17)14-30(26,27)11-3-10-28-15-23-9-8-20(24)22-21(23)25/h2,4-5,8-9,12,16-17H,3,6-7,10-11,13-15H2,1H3,(H,22,24,25)/t16-/m0/s1. The van der Waals surface area contributed by atoms with Crippen LogP contribution in [-0.2, 0) is 21.3 Å². The van der Waals surface area contributed by atoms with E-state index in [4.69, 9.17) is 9.47 Å². The Morgan fingerprint density at radius 1 is 1.23 bits per heavy atom. The molecule has 0 spiro atoms. The van der Waals surface area contributed by atoms with Crippen molar-refractivity contribution in [1.29, 1.82) is 0 Å². The third-order valence-corrected chi connectivity index (χ3v) is 6.90. The summed E-state index contributed by atoms with van der Waals surface area (Å²) in [4.78, 5) is 24.7. The van der Waals surface area contributed by atoms with Crippen molar-refractivity contribution < 1.29 is 17.9 Å². The summed E-state index contributed by atoms with van der Waals surface area (Å²) in [6.45, 7) is 2.78. The number of ether oxygens (including phenoxy) is 2. The van der Waals surface area contributed by atoms with Crippen LogP contribution < -0.4 is 16.0 Å². The van der Waals surface area contributed by atoms with Crippen molar-refractivity contribution in [3.05, 3.63) is 62.9 Å². The number of H-pyrrole nitrogens is 1. The molecular formula is C21H28N2O6S. The summed E-state index contributed by atoms with van der Waals surface area (Å²) >= 11 is 0. The molecule has 8 nitrogen and oxygen atoms in total. The van der Waals surface area contributed by atoms with Gasteiger partial charge in [-0.25, -0.2) is 13.2 Å². The molecule has 1 aliphatic carbocycles. The van der Waals surface area contributed by atoms with Crippen molar-refractivity contribution in [3.8, 4) is 5.75 Å². The quantitative estimate of drug-likeness (QED) is 0.509. The monoisotopic (exact) mass is 436 g/mol. The summed E-state index contributed by atoms with van der Waals surface area (Å²) in [5, 5.41) is 0. The molecule has 9 heteroatoms. The van der Waals surface area contributed by atoms with Crippen molar-refractivity contribution in [3.63, 3.8) is 0 Å². The zero-order valence-corrected chi connectivity index (χ0v) is 17.9. The largest absolute Gasteiger partial charge is 0.493 e. The van der Waals surface area contributed by atoms with Crippen molar-refractivity contribution in [2.45, 2.75) is 38.8 Å². The number of benzene rings is 1. The van der Waals surface area contributed by atoms with E-state index in [-0.39, 0.29) is 30.8 Å². The van der Waals surface area contributed by atoms with Crippen molar-refractivity contribution >= 4 is 9.84 Å². The number of nitrogens with zero attached hydrogens (tertiary/aromatic N) is 1. The van der Waals surface area contributed by atoms with Crippen LogP contribution >= 0.6 is 0 Å². The van der Waals surface area contributed by atoms with E-state index < -0.39 is 21.1 Å². The molecule has 1 atom stereocenters. The highest BCUT2D eigenvalue weighted by Crippen LogP contribution is 2.30. The maximum Gasteiger partial charge on any atom is 0.330 e. The second-order valence-corrected chi connectivity index (χ2v) is 10.0. The van der Waals surface area contributed by atoms with Gasteiger partial charge >= 0.3 is 5.69 Å². The van der Waals surface area contributed by atoms with Gasteiger partial charge in [0.25, 0.3) is 5.56 Å². The fraction of sp³-hybridized carbons (Fsp3) is 0.524. The van der Waals surface area contributed by atoms with E-state index in [9.17, 15) is 18.0 Å². The van der Waals surface area contributed by atoms with Gasteiger partial charge in [-0.3, -0.25) is 14.3 Å². The molecular weight excluding hydrogens is 408 g/mol. The van der Waals surface area contributed by atoms with Gasteiger partial charge in [-0.2, -0.15) is 0 Å². The molecule has 1 aromatic heterocycles. The van der Waals surface area contributed by atoms with Crippen molar-refractivity contribution in [2.75, 3.05) is 24.7 Å². The van der Waals surface area contributed by atoms with Gasteiger partial charge < -0.3 is 9.47 Å². The lowest BCUT2D eigenvalue weighted by atomic mass is 10.0. The van der Waals surface area contributed by atoms with Gasteiger partial charge in [0.15, 0.2) is 9.84 Å². The molecule has 0 unspecified atom stereocenters. The smallest absolute Gasteiger partial charge is 0.330 e. The van der Waals surface area contributed by atoms with Gasteiger partial charge in [0.05, 0.1) is 18.1 Å². The minimum absolute atomic E-state index is 0.00966. The predicted octanol–water partition coefficient (Wildman–Crippen LogP) is 1.91. The highest BCUT2D eigenvalue weighted by molar-refractivity contribution is 7.91. The summed E-state index contributed by atoms with van der Waals surface area (Å²) in [5.74, 6) is 1.37. The molecule has 1 saturated carbocycles. The van der Waals surface area contributed by atoms with Gasteiger partial charge in [-0.05, 0) is 48.8 Å². The summed E-state index contributed by atoms with van der Waals surface area (Å²) < 4.78 is 37.3. The molecule has 0 amide bonds. The SMILES string of the molecule is C[C@@H](CS(=O)(=O)CCCOCn1ccc(=O)[nH]c1=O)c1cccc(OCC2CC2)c1. The predicted molar refractivity (Wildman–Crippen MR) is 114 cm³/mol. The van der Waals surface area contributed by atoms with E-state index in [1.165, 1.54) is 29.7 Å². The maximum atomic E-state index is 12.5. The molecule has 1 N–H and O–H groups in total. The molecule has 30 heavy (non-hydrogen) atoms. The first-order chi connectivity index (χ1) is 14.3. The van der Waals surface area contributed by atoms with Gasteiger partial charge in [-0.15, -0.1) is 0 Å². The van der Waals surface area contributed by atoms with Crippen LogP contribution in [0, 0.1) is 5.92 Å². The summed E-state index contributed by atoms with van der Waals surface area (Å²) in [6.07, 6.45) is 4.11. The number of nitrogens with one attached hydrogen (secondary N) is 1. The van der Waals surface area contributed by atoms with E-state index >= 15 is 0 Å². The molecule has 2 aromatic rings. The van der Waals surface area contributed by atoms with E-state index in [1.54, 1.807) is 0 Å². The van der Waals surface area contributed by atoms with Crippen LogP contribution in [0.2, 0.25) is 0 Å². The average Bonchev–Trinajstić information content (AvgIpc) is 3.52.